The summed E-state index contributed by atoms with van der Waals surface area (Å²) < 4.78 is 0. The number of carbonyl (C=O) groups excluding carboxylic acids is 1. The van der Waals surface area contributed by atoms with Gasteiger partial charge in [-0.1, -0.05) is 19.1 Å². The van der Waals surface area contributed by atoms with Crippen LogP contribution < -0.4 is 0 Å². The fraction of sp³-hybridized carbons (Fsp3) is 0.500. The van der Waals surface area contributed by atoms with Crippen LogP contribution in [0.4, 0.5) is 0 Å². The van der Waals surface area contributed by atoms with Gasteiger partial charge in [0.15, 0.2) is 0 Å². The molecule has 1 saturated heterocycles. The van der Waals surface area contributed by atoms with Crippen LogP contribution in [0.5, 0.6) is 0 Å². The van der Waals surface area contributed by atoms with Gasteiger partial charge < -0.3 is 15.1 Å². The molecule has 0 aromatic heterocycles. The zero-order valence-corrected chi connectivity index (χ0v) is 12.6. The number of hydrogen-bond donors (Lipinski definition) is 2. The van der Waals surface area contributed by atoms with Crippen LogP contribution in [0.25, 0.3) is 0 Å². The van der Waals surface area contributed by atoms with E-state index in [1.54, 1.807) is 30.9 Å². The number of likely N-dealkylation sites (tertiary alicyclic amines) is 1. The number of carbonyl (C=O) groups is 2. The first kappa shape index (κ1) is 15.5. The molecule has 5 nitrogen and oxygen atoms in total. The fourth-order valence-corrected chi connectivity index (χ4v) is 2.84. The Morgan fingerprint density at radius 3 is 2.29 bits per heavy atom. The summed E-state index contributed by atoms with van der Waals surface area (Å²) >= 11 is 0. The van der Waals surface area contributed by atoms with Gasteiger partial charge in [-0.15, -0.1) is 0 Å². The van der Waals surface area contributed by atoms with Gasteiger partial charge >= 0.3 is 5.97 Å². The second kappa shape index (κ2) is 5.85. The first-order valence-electron chi connectivity index (χ1n) is 7.13. The van der Waals surface area contributed by atoms with E-state index >= 15 is 0 Å². The van der Waals surface area contributed by atoms with Crippen LogP contribution in [-0.4, -0.2) is 46.2 Å². The maximum Gasteiger partial charge on any atom is 0.336 e. The summed E-state index contributed by atoms with van der Waals surface area (Å²) in [7, 11) is 0. The average Bonchev–Trinajstić information content (AvgIpc) is 2.43. The Morgan fingerprint density at radius 1 is 1.19 bits per heavy atom. The van der Waals surface area contributed by atoms with Crippen LogP contribution in [0.1, 0.15) is 45.2 Å². The van der Waals surface area contributed by atoms with Gasteiger partial charge in [-0.05, 0) is 37.3 Å². The van der Waals surface area contributed by atoms with E-state index < -0.39 is 12.1 Å². The number of aryl methyl sites for hydroxylation is 2. The Balaban J connectivity index is 2.40. The molecule has 1 aliphatic rings. The molecule has 0 aliphatic carbocycles. The van der Waals surface area contributed by atoms with E-state index in [-0.39, 0.29) is 23.0 Å². The molecule has 2 atom stereocenters. The molecule has 2 N–H and O–H groups in total. The molecule has 1 amide bonds. The van der Waals surface area contributed by atoms with E-state index in [9.17, 15) is 19.8 Å². The molecule has 21 heavy (non-hydrogen) atoms. The molecule has 1 heterocycles. The normalized spacial score (nSPS) is 22.2. The molecule has 1 aromatic carbocycles. The lowest BCUT2D eigenvalue weighted by Crippen LogP contribution is -2.45. The number of carboxylic acids is 1. The average molecular weight is 291 g/mol. The van der Waals surface area contributed by atoms with E-state index in [1.807, 2.05) is 6.92 Å². The van der Waals surface area contributed by atoms with Crippen molar-refractivity contribution in [1.29, 1.82) is 0 Å². The van der Waals surface area contributed by atoms with Crippen LogP contribution in [0.15, 0.2) is 12.1 Å². The molecule has 0 saturated carbocycles. The zero-order valence-electron chi connectivity index (χ0n) is 12.6. The van der Waals surface area contributed by atoms with Gasteiger partial charge in [0.2, 0.25) is 0 Å². The summed E-state index contributed by atoms with van der Waals surface area (Å²) in [5, 5.41) is 19.2. The molecule has 0 bridgehead atoms. The summed E-state index contributed by atoms with van der Waals surface area (Å²) in [5.74, 6) is -1.34. The Morgan fingerprint density at radius 2 is 1.76 bits per heavy atom. The lowest BCUT2D eigenvalue weighted by Gasteiger charge is -2.35. The molecule has 2 rings (SSSR count). The number of aliphatic hydroxyl groups is 1. The highest BCUT2D eigenvalue weighted by Crippen LogP contribution is 2.24. The van der Waals surface area contributed by atoms with E-state index in [1.165, 1.54) is 0 Å². The summed E-state index contributed by atoms with van der Waals surface area (Å²) in [6.07, 6.45) is 0.131. The number of benzene rings is 1. The largest absolute Gasteiger partial charge is 0.478 e. The number of piperidine rings is 1. The van der Waals surface area contributed by atoms with Crippen molar-refractivity contribution in [3.8, 4) is 0 Å². The van der Waals surface area contributed by atoms with Crippen molar-refractivity contribution in [3.05, 3.63) is 34.4 Å². The molecule has 1 aliphatic heterocycles. The maximum atomic E-state index is 12.7. The summed E-state index contributed by atoms with van der Waals surface area (Å²) in [5.41, 5.74) is 1.60. The highest BCUT2D eigenvalue weighted by molar-refractivity contribution is 6.06. The first-order chi connectivity index (χ1) is 9.82. The quantitative estimate of drug-likeness (QED) is 0.871. The van der Waals surface area contributed by atoms with Gasteiger partial charge in [0.1, 0.15) is 0 Å². The van der Waals surface area contributed by atoms with E-state index in [0.29, 0.717) is 30.6 Å². The second-order valence-electron chi connectivity index (χ2n) is 5.84. The smallest absolute Gasteiger partial charge is 0.336 e. The minimum Gasteiger partial charge on any atom is -0.478 e. The monoisotopic (exact) mass is 291 g/mol. The van der Waals surface area contributed by atoms with Crippen molar-refractivity contribution in [3.63, 3.8) is 0 Å². The van der Waals surface area contributed by atoms with Crippen LogP contribution in [0.3, 0.4) is 0 Å². The number of rotatable bonds is 2. The number of carboxylic acid groups (broad SMARTS) is 1. The predicted molar refractivity (Wildman–Crippen MR) is 78.6 cm³/mol. The minimum atomic E-state index is -1.08. The number of amides is 1. The van der Waals surface area contributed by atoms with Gasteiger partial charge in [0.05, 0.1) is 17.2 Å². The van der Waals surface area contributed by atoms with Gasteiger partial charge in [0.25, 0.3) is 5.91 Å². The zero-order chi connectivity index (χ0) is 15.7. The summed E-state index contributed by atoms with van der Waals surface area (Å²) in [6.45, 7) is 6.25. The maximum absolute atomic E-state index is 12.7. The van der Waals surface area contributed by atoms with E-state index in [4.69, 9.17) is 0 Å². The van der Waals surface area contributed by atoms with Crippen molar-refractivity contribution in [2.75, 3.05) is 13.1 Å². The SMILES string of the molecule is Cc1ccc(C)c(C(=O)N2CCC(O)C(C)C2)c1C(=O)O. The Hall–Kier alpha value is -1.88. The lowest BCUT2D eigenvalue weighted by atomic mass is 9.93. The molecule has 5 heteroatoms. The Bertz CT molecular complexity index is 582. The highest BCUT2D eigenvalue weighted by atomic mass is 16.4. The van der Waals surface area contributed by atoms with Crippen molar-refractivity contribution < 1.29 is 19.8 Å². The minimum absolute atomic E-state index is 0.00101. The fourth-order valence-electron chi connectivity index (χ4n) is 2.84. The molecule has 114 valence electrons. The first-order valence-corrected chi connectivity index (χ1v) is 7.13. The topological polar surface area (TPSA) is 77.8 Å². The number of nitrogens with zero attached hydrogens (tertiary/aromatic N) is 1. The van der Waals surface area contributed by atoms with Gasteiger partial charge in [-0.2, -0.15) is 0 Å². The molecule has 0 radical (unpaired) electrons. The number of aromatic carboxylic acids is 1. The number of aliphatic hydroxyl groups excluding tert-OH is 1. The third-order valence-corrected chi connectivity index (χ3v) is 4.20. The predicted octanol–water partition coefficient (Wildman–Crippen LogP) is 1.84. The van der Waals surface area contributed by atoms with Crippen molar-refractivity contribution >= 4 is 11.9 Å². The van der Waals surface area contributed by atoms with Crippen LogP contribution in [0, 0.1) is 19.8 Å². The Labute approximate surface area is 124 Å². The Kier molecular flexibility index (Phi) is 4.32. The van der Waals surface area contributed by atoms with Gasteiger partial charge in [-0.25, -0.2) is 4.79 Å². The molecule has 2 unspecified atom stereocenters. The van der Waals surface area contributed by atoms with Crippen molar-refractivity contribution in [1.82, 2.24) is 4.90 Å². The van der Waals surface area contributed by atoms with Crippen LogP contribution in [-0.2, 0) is 0 Å². The molecule has 1 aromatic rings. The lowest BCUT2D eigenvalue weighted by molar-refractivity contribution is 0.0294. The summed E-state index contributed by atoms with van der Waals surface area (Å²) in [6, 6.07) is 3.50. The van der Waals surface area contributed by atoms with E-state index in [2.05, 4.69) is 0 Å². The van der Waals surface area contributed by atoms with E-state index in [0.717, 1.165) is 0 Å². The molecule has 0 spiro atoms. The van der Waals surface area contributed by atoms with Gasteiger partial charge in [-0.3, -0.25) is 4.79 Å². The van der Waals surface area contributed by atoms with Gasteiger partial charge in [0, 0.05) is 13.1 Å². The highest BCUT2D eigenvalue weighted by Gasteiger charge is 2.31. The molecular formula is C16H21NO4. The molecule has 1 fully saturated rings. The second-order valence-corrected chi connectivity index (χ2v) is 5.84. The van der Waals surface area contributed by atoms with Crippen LogP contribution >= 0.6 is 0 Å². The van der Waals surface area contributed by atoms with Crippen LogP contribution in [0.2, 0.25) is 0 Å². The standard InChI is InChI=1S/C16H21NO4/c1-9-4-5-10(2)14(16(20)21)13(9)15(19)17-7-6-12(18)11(3)8-17/h4-5,11-12,18H,6-8H2,1-3H3,(H,20,21). The van der Waals surface area contributed by atoms with Crippen molar-refractivity contribution in [2.45, 2.75) is 33.3 Å². The number of hydrogen-bond acceptors (Lipinski definition) is 3. The third kappa shape index (κ3) is 2.93. The third-order valence-electron chi connectivity index (χ3n) is 4.20. The summed E-state index contributed by atoms with van der Waals surface area (Å²) in [4.78, 5) is 25.9. The van der Waals surface area contributed by atoms with Crippen molar-refractivity contribution in [2.24, 2.45) is 5.92 Å². The molecular weight excluding hydrogens is 270 g/mol.